The molecule has 0 saturated carbocycles. The Morgan fingerprint density at radius 1 is 0.875 bits per heavy atom. The van der Waals surface area contributed by atoms with Crippen LogP contribution in [0.1, 0.15) is 22.3 Å². The van der Waals surface area contributed by atoms with Gasteiger partial charge in [0.1, 0.15) is 12.4 Å². The average molecular weight is 334 g/mol. The van der Waals surface area contributed by atoms with E-state index in [0.717, 1.165) is 22.4 Å². The van der Waals surface area contributed by atoms with E-state index in [-0.39, 0.29) is 0 Å². The second-order valence-corrected chi connectivity index (χ2v) is 5.95. The molecule has 0 fully saturated rings. The van der Waals surface area contributed by atoms with Gasteiger partial charge in [0, 0.05) is 11.4 Å². The third-order valence-corrected chi connectivity index (χ3v) is 3.95. The van der Waals surface area contributed by atoms with E-state index in [4.69, 9.17) is 21.6 Å². The summed E-state index contributed by atoms with van der Waals surface area (Å²) in [5.74, 6) is 0.811. The Kier molecular flexibility index (Phi) is 5.15. The van der Waals surface area contributed by atoms with Crippen LogP contribution in [-0.2, 0) is 13.0 Å². The van der Waals surface area contributed by atoms with Gasteiger partial charge in [-0.25, -0.2) is 0 Å². The maximum atomic E-state index is 9.04. The van der Waals surface area contributed by atoms with Crippen molar-refractivity contribution in [3.8, 4) is 11.8 Å². The predicted molar refractivity (Wildman–Crippen MR) is 96.2 cm³/mol. The van der Waals surface area contributed by atoms with Crippen molar-refractivity contribution < 1.29 is 4.74 Å². The maximum absolute atomic E-state index is 9.04. The number of nitriles is 1. The van der Waals surface area contributed by atoms with E-state index in [1.165, 1.54) is 0 Å². The van der Waals surface area contributed by atoms with Crippen LogP contribution in [0.25, 0.3) is 0 Å². The Morgan fingerprint density at radius 3 is 2.46 bits per heavy atom. The van der Waals surface area contributed by atoms with Crippen LogP contribution in [0, 0.1) is 11.3 Å². The highest BCUT2D eigenvalue weighted by Gasteiger charge is 2.07. The molecule has 0 saturated heterocycles. The molecule has 0 N–H and O–H groups in total. The molecule has 0 bridgehead atoms. The first-order chi connectivity index (χ1) is 11.7. The second kappa shape index (κ2) is 7.68. The summed E-state index contributed by atoms with van der Waals surface area (Å²) >= 11 is 6.15. The van der Waals surface area contributed by atoms with Gasteiger partial charge >= 0.3 is 0 Å². The van der Waals surface area contributed by atoms with E-state index in [2.05, 4.69) is 6.07 Å². The zero-order valence-corrected chi connectivity index (χ0v) is 13.8. The molecule has 0 aliphatic carbocycles. The van der Waals surface area contributed by atoms with Gasteiger partial charge in [0.15, 0.2) is 0 Å². The third kappa shape index (κ3) is 4.16. The van der Waals surface area contributed by atoms with Crippen LogP contribution in [0.15, 0.2) is 72.8 Å². The monoisotopic (exact) mass is 333 g/mol. The normalized spacial score (nSPS) is 10.2. The number of nitrogens with zero attached hydrogens (tertiary/aromatic N) is 1. The van der Waals surface area contributed by atoms with E-state index >= 15 is 0 Å². The third-order valence-electron chi connectivity index (χ3n) is 3.71. The molecule has 0 amide bonds. The number of benzene rings is 3. The summed E-state index contributed by atoms with van der Waals surface area (Å²) in [6, 6.07) is 25.4. The van der Waals surface area contributed by atoms with Gasteiger partial charge in [0.05, 0.1) is 11.6 Å². The minimum absolute atomic E-state index is 0.508. The van der Waals surface area contributed by atoms with Crippen LogP contribution < -0.4 is 4.74 Å². The fraction of sp³-hybridized carbons (Fsp3) is 0.0952. The number of halogens is 1. The Balaban J connectivity index is 1.81. The molecule has 0 aromatic heterocycles. The highest BCUT2D eigenvalue weighted by atomic mass is 35.5. The van der Waals surface area contributed by atoms with Crippen molar-refractivity contribution in [2.75, 3.05) is 0 Å². The van der Waals surface area contributed by atoms with Gasteiger partial charge in [-0.1, -0.05) is 54.1 Å². The number of rotatable bonds is 5. The molecule has 3 heteroatoms. The molecule has 0 atom stereocenters. The van der Waals surface area contributed by atoms with Crippen LogP contribution in [0.3, 0.4) is 0 Å². The predicted octanol–water partition coefficient (Wildman–Crippen LogP) is 5.38. The molecular formula is C21H16ClNO. The minimum Gasteiger partial charge on any atom is -0.489 e. The molecule has 0 aliphatic heterocycles. The Bertz CT molecular complexity index is 869. The van der Waals surface area contributed by atoms with Gasteiger partial charge in [-0.3, -0.25) is 0 Å². The maximum Gasteiger partial charge on any atom is 0.123 e. The Morgan fingerprint density at radius 2 is 1.67 bits per heavy atom. The lowest BCUT2D eigenvalue weighted by Gasteiger charge is -2.12. The van der Waals surface area contributed by atoms with E-state index in [1.54, 1.807) is 6.07 Å². The Hall–Kier alpha value is -2.76. The van der Waals surface area contributed by atoms with Crippen molar-refractivity contribution in [3.05, 3.63) is 100 Å². The van der Waals surface area contributed by atoms with Gasteiger partial charge in [0.25, 0.3) is 0 Å². The van der Waals surface area contributed by atoms with Crippen molar-refractivity contribution >= 4 is 11.6 Å². The molecule has 0 unspecified atom stereocenters. The van der Waals surface area contributed by atoms with Crippen molar-refractivity contribution in [1.29, 1.82) is 5.26 Å². The summed E-state index contributed by atoms with van der Waals surface area (Å²) in [5.41, 5.74) is 3.83. The van der Waals surface area contributed by atoms with Crippen molar-refractivity contribution in [2.24, 2.45) is 0 Å². The summed E-state index contributed by atoms with van der Waals surface area (Å²) in [5, 5.41) is 9.72. The van der Waals surface area contributed by atoms with Crippen LogP contribution in [0.5, 0.6) is 5.75 Å². The van der Waals surface area contributed by atoms with Crippen molar-refractivity contribution in [1.82, 2.24) is 0 Å². The van der Waals surface area contributed by atoms with Crippen molar-refractivity contribution in [2.45, 2.75) is 13.0 Å². The number of hydrogen-bond donors (Lipinski definition) is 0. The quantitative estimate of drug-likeness (QED) is 0.628. The molecule has 0 heterocycles. The molecule has 118 valence electrons. The first kappa shape index (κ1) is 16.1. The molecular weight excluding hydrogens is 318 g/mol. The van der Waals surface area contributed by atoms with Crippen LogP contribution in [0.4, 0.5) is 0 Å². The Labute approximate surface area is 146 Å². The lowest BCUT2D eigenvalue weighted by atomic mass is 10.0. The lowest BCUT2D eigenvalue weighted by molar-refractivity contribution is 0.303. The first-order valence-corrected chi connectivity index (χ1v) is 8.06. The van der Waals surface area contributed by atoms with Gasteiger partial charge in [-0.05, 0) is 47.0 Å². The standard InChI is InChI=1S/C21H16ClNO/c22-20-9-10-21(24-15-16-5-2-1-3-6-16)19(13-20)12-17-7-4-8-18(11-17)14-23/h1-11,13H,12,15H2. The number of ether oxygens (including phenoxy) is 1. The molecule has 2 nitrogen and oxygen atoms in total. The molecule has 3 aromatic carbocycles. The smallest absolute Gasteiger partial charge is 0.123 e. The van der Waals surface area contributed by atoms with Gasteiger partial charge in [-0.2, -0.15) is 5.26 Å². The van der Waals surface area contributed by atoms with Crippen LogP contribution >= 0.6 is 11.6 Å². The fourth-order valence-corrected chi connectivity index (χ4v) is 2.73. The molecule has 0 aliphatic rings. The lowest BCUT2D eigenvalue weighted by Crippen LogP contribution is -1.99. The van der Waals surface area contributed by atoms with Crippen LogP contribution in [0.2, 0.25) is 5.02 Å². The zero-order chi connectivity index (χ0) is 16.8. The van der Waals surface area contributed by atoms with E-state index < -0.39 is 0 Å². The summed E-state index contributed by atoms with van der Waals surface area (Å²) in [6.45, 7) is 0.508. The average Bonchev–Trinajstić information content (AvgIpc) is 2.62. The minimum atomic E-state index is 0.508. The van der Waals surface area contributed by atoms with Crippen molar-refractivity contribution in [3.63, 3.8) is 0 Å². The zero-order valence-electron chi connectivity index (χ0n) is 13.1. The molecule has 0 spiro atoms. The second-order valence-electron chi connectivity index (χ2n) is 5.52. The molecule has 24 heavy (non-hydrogen) atoms. The largest absolute Gasteiger partial charge is 0.489 e. The van der Waals surface area contributed by atoms with E-state index in [1.807, 2.05) is 66.7 Å². The summed E-state index contributed by atoms with van der Waals surface area (Å²) < 4.78 is 5.98. The van der Waals surface area contributed by atoms with Gasteiger partial charge < -0.3 is 4.74 Å². The summed E-state index contributed by atoms with van der Waals surface area (Å²) in [4.78, 5) is 0. The summed E-state index contributed by atoms with van der Waals surface area (Å²) in [6.07, 6.45) is 0.667. The molecule has 3 rings (SSSR count). The topological polar surface area (TPSA) is 33.0 Å². The summed E-state index contributed by atoms with van der Waals surface area (Å²) in [7, 11) is 0. The van der Waals surface area contributed by atoms with Gasteiger partial charge in [-0.15, -0.1) is 0 Å². The highest BCUT2D eigenvalue weighted by Crippen LogP contribution is 2.26. The highest BCUT2D eigenvalue weighted by molar-refractivity contribution is 6.30. The van der Waals surface area contributed by atoms with E-state index in [9.17, 15) is 0 Å². The SMILES string of the molecule is N#Cc1cccc(Cc2cc(Cl)ccc2OCc2ccccc2)c1. The molecule has 0 radical (unpaired) electrons. The van der Waals surface area contributed by atoms with Gasteiger partial charge in [0.2, 0.25) is 0 Å². The number of hydrogen-bond acceptors (Lipinski definition) is 2. The first-order valence-electron chi connectivity index (χ1n) is 7.69. The fourth-order valence-electron chi connectivity index (χ4n) is 2.53. The van der Waals surface area contributed by atoms with E-state index in [0.29, 0.717) is 23.6 Å². The van der Waals surface area contributed by atoms with Crippen LogP contribution in [-0.4, -0.2) is 0 Å². The molecule has 3 aromatic rings.